The van der Waals surface area contributed by atoms with Gasteiger partial charge in [-0.25, -0.2) is 4.98 Å². The Bertz CT molecular complexity index is 289. The van der Waals surface area contributed by atoms with Crippen molar-refractivity contribution in [3.63, 3.8) is 0 Å². The summed E-state index contributed by atoms with van der Waals surface area (Å²) >= 11 is 3.49. The SMILES string of the molecule is Cc1cc2c(nc1Br)CCCCC2. The second-order valence-corrected chi connectivity index (χ2v) is 4.51. The van der Waals surface area contributed by atoms with Crippen LogP contribution >= 0.6 is 15.9 Å². The van der Waals surface area contributed by atoms with E-state index in [1.807, 2.05) is 0 Å². The van der Waals surface area contributed by atoms with Crippen LogP contribution in [0.2, 0.25) is 0 Å². The maximum atomic E-state index is 4.59. The minimum atomic E-state index is 1.02. The fourth-order valence-electron chi connectivity index (χ4n) is 1.90. The summed E-state index contributed by atoms with van der Waals surface area (Å²) in [4.78, 5) is 4.59. The average molecular weight is 240 g/mol. The van der Waals surface area contributed by atoms with Crippen molar-refractivity contribution in [3.05, 3.63) is 27.5 Å². The molecule has 0 radical (unpaired) electrons. The van der Waals surface area contributed by atoms with Crippen LogP contribution in [0.4, 0.5) is 0 Å². The van der Waals surface area contributed by atoms with Gasteiger partial charge in [0.1, 0.15) is 4.60 Å². The van der Waals surface area contributed by atoms with Gasteiger partial charge >= 0.3 is 0 Å². The van der Waals surface area contributed by atoms with Gasteiger partial charge in [-0.05, 0) is 59.7 Å². The zero-order valence-corrected chi connectivity index (χ0v) is 9.52. The Labute approximate surface area is 87.7 Å². The minimum Gasteiger partial charge on any atom is -0.245 e. The van der Waals surface area contributed by atoms with Crippen LogP contribution in [0.25, 0.3) is 0 Å². The lowest BCUT2D eigenvalue weighted by atomic mass is 10.1. The first-order valence-corrected chi connectivity index (χ1v) is 5.71. The number of hydrogen-bond donors (Lipinski definition) is 0. The van der Waals surface area contributed by atoms with Gasteiger partial charge in [0.2, 0.25) is 0 Å². The highest BCUT2D eigenvalue weighted by Gasteiger charge is 2.10. The summed E-state index contributed by atoms with van der Waals surface area (Å²) in [5.41, 5.74) is 4.05. The molecule has 70 valence electrons. The molecule has 0 aliphatic heterocycles. The predicted molar refractivity (Wildman–Crippen MR) is 57.9 cm³/mol. The van der Waals surface area contributed by atoms with Gasteiger partial charge in [0, 0.05) is 5.69 Å². The van der Waals surface area contributed by atoms with Crippen LogP contribution in [-0.4, -0.2) is 4.98 Å². The topological polar surface area (TPSA) is 12.9 Å². The number of hydrogen-bond acceptors (Lipinski definition) is 1. The number of aromatic nitrogens is 1. The van der Waals surface area contributed by atoms with Crippen LogP contribution in [0.1, 0.15) is 36.1 Å². The summed E-state index contributed by atoms with van der Waals surface area (Å²) in [7, 11) is 0. The molecule has 0 bridgehead atoms. The van der Waals surface area contributed by atoms with Crippen LogP contribution in [0.15, 0.2) is 10.7 Å². The molecule has 1 aromatic rings. The molecule has 0 unspecified atom stereocenters. The lowest BCUT2D eigenvalue weighted by Gasteiger charge is -2.07. The van der Waals surface area contributed by atoms with E-state index in [1.165, 1.54) is 42.5 Å². The van der Waals surface area contributed by atoms with Crippen molar-refractivity contribution < 1.29 is 0 Å². The number of nitrogens with zero attached hydrogens (tertiary/aromatic N) is 1. The van der Waals surface area contributed by atoms with Crippen molar-refractivity contribution in [1.82, 2.24) is 4.98 Å². The minimum absolute atomic E-state index is 1.02. The van der Waals surface area contributed by atoms with E-state index in [4.69, 9.17) is 0 Å². The van der Waals surface area contributed by atoms with Crippen molar-refractivity contribution >= 4 is 15.9 Å². The lowest BCUT2D eigenvalue weighted by Crippen LogP contribution is -1.97. The van der Waals surface area contributed by atoms with Gasteiger partial charge in [0.25, 0.3) is 0 Å². The third-order valence-corrected chi connectivity index (χ3v) is 3.48. The maximum Gasteiger partial charge on any atom is 0.109 e. The van der Waals surface area contributed by atoms with Gasteiger partial charge in [-0.2, -0.15) is 0 Å². The first kappa shape index (κ1) is 9.20. The van der Waals surface area contributed by atoms with Gasteiger partial charge in [-0.15, -0.1) is 0 Å². The molecule has 1 aromatic heterocycles. The molecule has 0 saturated heterocycles. The number of pyridine rings is 1. The summed E-state index contributed by atoms with van der Waals surface area (Å²) in [5.74, 6) is 0. The summed E-state index contributed by atoms with van der Waals surface area (Å²) in [6.45, 7) is 2.11. The molecule has 1 nitrogen and oxygen atoms in total. The highest BCUT2D eigenvalue weighted by Crippen LogP contribution is 2.23. The Hall–Kier alpha value is -0.370. The Morgan fingerprint density at radius 1 is 1.23 bits per heavy atom. The number of halogens is 1. The smallest absolute Gasteiger partial charge is 0.109 e. The molecule has 0 spiro atoms. The molecule has 0 saturated carbocycles. The highest BCUT2D eigenvalue weighted by molar-refractivity contribution is 9.10. The van der Waals surface area contributed by atoms with E-state index in [2.05, 4.69) is 33.9 Å². The third kappa shape index (κ3) is 1.93. The molecule has 1 aliphatic carbocycles. The van der Waals surface area contributed by atoms with Crippen molar-refractivity contribution in [2.75, 3.05) is 0 Å². The average Bonchev–Trinajstić information content (AvgIpc) is 2.31. The van der Waals surface area contributed by atoms with E-state index in [0.29, 0.717) is 0 Å². The molecular formula is C11H14BrN. The Morgan fingerprint density at radius 2 is 2.00 bits per heavy atom. The molecule has 1 aliphatic rings. The largest absolute Gasteiger partial charge is 0.245 e. The standard InChI is InChI=1S/C11H14BrN/c1-8-7-9-5-3-2-4-6-10(9)13-11(8)12/h7H,2-6H2,1H3. The van der Waals surface area contributed by atoms with Crippen molar-refractivity contribution in [1.29, 1.82) is 0 Å². The first-order chi connectivity index (χ1) is 6.27. The molecule has 2 rings (SSSR count). The van der Waals surface area contributed by atoms with Crippen LogP contribution in [0.5, 0.6) is 0 Å². The zero-order chi connectivity index (χ0) is 9.26. The summed E-state index contributed by atoms with van der Waals surface area (Å²) in [6, 6.07) is 2.29. The maximum absolute atomic E-state index is 4.59. The lowest BCUT2D eigenvalue weighted by molar-refractivity contribution is 0.708. The molecule has 2 heteroatoms. The van der Waals surface area contributed by atoms with Crippen molar-refractivity contribution in [2.45, 2.75) is 39.0 Å². The van der Waals surface area contributed by atoms with E-state index in [0.717, 1.165) is 11.0 Å². The van der Waals surface area contributed by atoms with Gasteiger partial charge < -0.3 is 0 Å². The van der Waals surface area contributed by atoms with Crippen LogP contribution in [0.3, 0.4) is 0 Å². The predicted octanol–water partition coefficient (Wildman–Crippen LogP) is 3.42. The van der Waals surface area contributed by atoms with E-state index in [-0.39, 0.29) is 0 Å². The quantitative estimate of drug-likeness (QED) is 0.500. The number of fused-ring (bicyclic) bond motifs is 1. The monoisotopic (exact) mass is 239 g/mol. The van der Waals surface area contributed by atoms with E-state index in [1.54, 1.807) is 0 Å². The Morgan fingerprint density at radius 3 is 2.85 bits per heavy atom. The highest BCUT2D eigenvalue weighted by atomic mass is 79.9. The van der Waals surface area contributed by atoms with Crippen LogP contribution in [0, 0.1) is 6.92 Å². The van der Waals surface area contributed by atoms with E-state index < -0.39 is 0 Å². The van der Waals surface area contributed by atoms with Gasteiger partial charge in [0.05, 0.1) is 0 Å². The Kier molecular flexibility index (Phi) is 2.68. The molecule has 0 atom stereocenters. The fraction of sp³-hybridized carbons (Fsp3) is 0.545. The molecule has 13 heavy (non-hydrogen) atoms. The Balaban J connectivity index is 2.43. The molecule has 1 heterocycles. The molecular weight excluding hydrogens is 226 g/mol. The molecule has 0 aromatic carbocycles. The van der Waals surface area contributed by atoms with Gasteiger partial charge in [-0.3, -0.25) is 0 Å². The zero-order valence-electron chi connectivity index (χ0n) is 7.94. The van der Waals surface area contributed by atoms with Crippen LogP contribution < -0.4 is 0 Å². The second-order valence-electron chi connectivity index (χ2n) is 3.76. The summed E-state index contributed by atoms with van der Waals surface area (Å²) < 4.78 is 1.02. The summed E-state index contributed by atoms with van der Waals surface area (Å²) in [5, 5.41) is 0. The van der Waals surface area contributed by atoms with Crippen molar-refractivity contribution in [3.8, 4) is 0 Å². The number of rotatable bonds is 0. The van der Waals surface area contributed by atoms with E-state index >= 15 is 0 Å². The molecule has 0 fully saturated rings. The third-order valence-electron chi connectivity index (χ3n) is 2.68. The van der Waals surface area contributed by atoms with Crippen LogP contribution in [-0.2, 0) is 12.8 Å². The normalized spacial score (nSPS) is 16.5. The van der Waals surface area contributed by atoms with Gasteiger partial charge in [0.15, 0.2) is 0 Å². The second kappa shape index (κ2) is 3.79. The van der Waals surface area contributed by atoms with Gasteiger partial charge in [-0.1, -0.05) is 12.5 Å². The first-order valence-electron chi connectivity index (χ1n) is 4.92. The molecule has 0 amide bonds. The molecule has 0 N–H and O–H groups in total. The number of aryl methyl sites for hydroxylation is 3. The fourth-order valence-corrected chi connectivity index (χ4v) is 2.23. The summed E-state index contributed by atoms with van der Waals surface area (Å²) in [6.07, 6.45) is 6.36. The van der Waals surface area contributed by atoms with E-state index in [9.17, 15) is 0 Å². The van der Waals surface area contributed by atoms with Crippen molar-refractivity contribution in [2.24, 2.45) is 0 Å².